The van der Waals surface area contributed by atoms with E-state index in [-0.39, 0.29) is 11.7 Å². The molecule has 2 rings (SSSR count). The molecule has 1 N–H and O–H groups in total. The highest BCUT2D eigenvalue weighted by molar-refractivity contribution is 5.58. The first-order chi connectivity index (χ1) is 6.18. The van der Waals surface area contributed by atoms with E-state index in [1.165, 1.54) is 19.1 Å². The molecule has 2 atom stereocenters. The highest BCUT2D eigenvalue weighted by atomic mass is 19.1. The average molecular weight is 183 g/mol. The van der Waals surface area contributed by atoms with Crippen molar-refractivity contribution in [2.75, 3.05) is 11.9 Å². The minimum Gasteiger partial charge on any atom is -0.384 e. The van der Waals surface area contributed by atoms with Crippen molar-refractivity contribution in [3.05, 3.63) is 29.6 Å². The van der Waals surface area contributed by atoms with E-state index < -0.39 is 6.17 Å². The Labute approximate surface area is 75.8 Å². The summed E-state index contributed by atoms with van der Waals surface area (Å²) in [6.45, 7) is 2.10. The third-order valence-corrected chi connectivity index (χ3v) is 2.48. The second-order valence-electron chi connectivity index (χ2n) is 3.40. The largest absolute Gasteiger partial charge is 0.384 e. The zero-order chi connectivity index (χ0) is 9.42. The van der Waals surface area contributed by atoms with Crippen molar-refractivity contribution < 1.29 is 8.78 Å². The minimum atomic E-state index is -0.890. The van der Waals surface area contributed by atoms with Crippen LogP contribution in [0.15, 0.2) is 18.2 Å². The number of alkyl halides is 1. The lowest BCUT2D eigenvalue weighted by Gasteiger charge is -2.10. The van der Waals surface area contributed by atoms with Crippen molar-refractivity contribution in [2.45, 2.75) is 19.0 Å². The normalized spacial score (nSPS) is 22.2. The number of halogens is 2. The lowest BCUT2D eigenvalue weighted by Crippen LogP contribution is -2.12. The third kappa shape index (κ3) is 1.39. The Hall–Kier alpha value is -1.12. The van der Waals surface area contributed by atoms with Crippen molar-refractivity contribution >= 4 is 5.69 Å². The number of hydrogen-bond donors (Lipinski definition) is 1. The summed E-state index contributed by atoms with van der Waals surface area (Å²) in [4.78, 5) is 0. The van der Waals surface area contributed by atoms with Crippen molar-refractivity contribution in [1.82, 2.24) is 0 Å². The van der Waals surface area contributed by atoms with Crippen LogP contribution in [0.3, 0.4) is 0 Å². The SMILES string of the molecule is CC(F)C1CNc2cc(F)ccc21. The van der Waals surface area contributed by atoms with Crippen LogP contribution in [0.25, 0.3) is 0 Å². The molecule has 1 aliphatic rings. The van der Waals surface area contributed by atoms with Crippen LogP contribution in [-0.2, 0) is 0 Å². The zero-order valence-electron chi connectivity index (χ0n) is 7.35. The fourth-order valence-electron chi connectivity index (χ4n) is 1.74. The van der Waals surface area contributed by atoms with E-state index in [4.69, 9.17) is 0 Å². The van der Waals surface area contributed by atoms with Gasteiger partial charge in [-0.3, -0.25) is 0 Å². The minimum absolute atomic E-state index is 0.129. The maximum atomic E-state index is 13.1. The van der Waals surface area contributed by atoms with Crippen LogP contribution >= 0.6 is 0 Å². The number of benzene rings is 1. The number of anilines is 1. The van der Waals surface area contributed by atoms with E-state index in [9.17, 15) is 8.78 Å². The van der Waals surface area contributed by atoms with Gasteiger partial charge in [0.1, 0.15) is 12.0 Å². The number of fused-ring (bicyclic) bond motifs is 1. The van der Waals surface area contributed by atoms with Crippen molar-refractivity contribution in [3.8, 4) is 0 Å². The molecule has 13 heavy (non-hydrogen) atoms. The molecule has 0 bridgehead atoms. The van der Waals surface area contributed by atoms with Crippen molar-refractivity contribution in [1.29, 1.82) is 0 Å². The lowest BCUT2D eigenvalue weighted by atomic mass is 9.97. The highest BCUT2D eigenvalue weighted by Gasteiger charge is 2.26. The van der Waals surface area contributed by atoms with Crippen molar-refractivity contribution in [3.63, 3.8) is 0 Å². The van der Waals surface area contributed by atoms with E-state index in [2.05, 4.69) is 5.32 Å². The molecule has 70 valence electrons. The molecule has 1 aromatic carbocycles. The molecule has 0 aromatic heterocycles. The molecule has 1 nitrogen and oxygen atoms in total. The second kappa shape index (κ2) is 2.98. The van der Waals surface area contributed by atoms with Crippen LogP contribution in [-0.4, -0.2) is 12.7 Å². The molecular formula is C10H11F2N. The third-order valence-electron chi connectivity index (χ3n) is 2.48. The van der Waals surface area contributed by atoms with Gasteiger partial charge < -0.3 is 5.32 Å². The van der Waals surface area contributed by atoms with E-state index >= 15 is 0 Å². The van der Waals surface area contributed by atoms with Gasteiger partial charge in [-0.15, -0.1) is 0 Å². The Morgan fingerprint density at radius 2 is 2.31 bits per heavy atom. The quantitative estimate of drug-likeness (QED) is 0.705. The van der Waals surface area contributed by atoms with Crippen LogP contribution in [0, 0.1) is 5.82 Å². The van der Waals surface area contributed by atoms with E-state index in [0.717, 1.165) is 11.3 Å². The van der Waals surface area contributed by atoms with Crippen LogP contribution in [0.1, 0.15) is 18.4 Å². The summed E-state index contributed by atoms with van der Waals surface area (Å²) in [5, 5.41) is 2.99. The first-order valence-corrected chi connectivity index (χ1v) is 4.36. The molecule has 0 saturated carbocycles. The molecular weight excluding hydrogens is 172 g/mol. The summed E-state index contributed by atoms with van der Waals surface area (Å²) < 4.78 is 25.8. The maximum absolute atomic E-state index is 13.1. The summed E-state index contributed by atoms with van der Waals surface area (Å²) >= 11 is 0. The number of hydrogen-bond acceptors (Lipinski definition) is 1. The molecule has 1 aliphatic heterocycles. The van der Waals surface area contributed by atoms with Gasteiger partial charge in [-0.05, 0) is 24.6 Å². The Kier molecular flexibility index (Phi) is 1.94. The summed E-state index contributed by atoms with van der Waals surface area (Å²) in [7, 11) is 0. The first-order valence-electron chi connectivity index (χ1n) is 4.36. The maximum Gasteiger partial charge on any atom is 0.125 e. The van der Waals surface area contributed by atoms with Gasteiger partial charge >= 0.3 is 0 Å². The van der Waals surface area contributed by atoms with Gasteiger partial charge in [-0.2, -0.15) is 0 Å². The van der Waals surface area contributed by atoms with Gasteiger partial charge in [0.25, 0.3) is 0 Å². The molecule has 0 amide bonds. The predicted molar refractivity (Wildman–Crippen MR) is 48.2 cm³/mol. The van der Waals surface area contributed by atoms with Crippen LogP contribution in [0.4, 0.5) is 14.5 Å². The first kappa shape index (κ1) is 8.48. The molecule has 0 saturated heterocycles. The van der Waals surface area contributed by atoms with Gasteiger partial charge in [0.2, 0.25) is 0 Å². The summed E-state index contributed by atoms with van der Waals surface area (Å²) in [6.07, 6.45) is -0.890. The second-order valence-corrected chi connectivity index (χ2v) is 3.40. The Morgan fingerprint density at radius 1 is 1.54 bits per heavy atom. The monoisotopic (exact) mass is 183 g/mol. The average Bonchev–Trinajstić information content (AvgIpc) is 2.46. The Morgan fingerprint density at radius 3 is 3.00 bits per heavy atom. The molecule has 1 heterocycles. The number of nitrogens with one attached hydrogen (secondary N) is 1. The van der Waals surface area contributed by atoms with Gasteiger partial charge in [-0.25, -0.2) is 8.78 Å². The van der Waals surface area contributed by atoms with Gasteiger partial charge in [0.15, 0.2) is 0 Å². The summed E-state index contributed by atoms with van der Waals surface area (Å²) in [5.74, 6) is -0.408. The molecule has 2 unspecified atom stereocenters. The topological polar surface area (TPSA) is 12.0 Å². The molecule has 0 radical (unpaired) electrons. The zero-order valence-corrected chi connectivity index (χ0v) is 7.35. The Balaban J connectivity index is 2.38. The van der Waals surface area contributed by atoms with Crippen LogP contribution in [0.5, 0.6) is 0 Å². The molecule has 0 spiro atoms. The number of rotatable bonds is 1. The van der Waals surface area contributed by atoms with Gasteiger partial charge in [-0.1, -0.05) is 6.07 Å². The molecule has 3 heteroatoms. The van der Waals surface area contributed by atoms with Crippen LogP contribution in [0.2, 0.25) is 0 Å². The van der Waals surface area contributed by atoms with Gasteiger partial charge in [0.05, 0.1) is 0 Å². The predicted octanol–water partition coefficient (Wildman–Crippen LogP) is 2.69. The fourth-order valence-corrected chi connectivity index (χ4v) is 1.74. The molecule has 0 aliphatic carbocycles. The van der Waals surface area contributed by atoms with Crippen LogP contribution < -0.4 is 5.32 Å². The van der Waals surface area contributed by atoms with Gasteiger partial charge in [0, 0.05) is 18.2 Å². The highest BCUT2D eigenvalue weighted by Crippen LogP contribution is 2.34. The Bertz CT molecular complexity index is 323. The van der Waals surface area contributed by atoms with E-state index in [1.54, 1.807) is 6.07 Å². The molecule has 0 fully saturated rings. The fraction of sp³-hybridized carbons (Fsp3) is 0.400. The summed E-state index contributed by atoms with van der Waals surface area (Å²) in [5.41, 5.74) is 1.62. The molecule has 1 aromatic rings. The summed E-state index contributed by atoms with van der Waals surface area (Å²) in [6, 6.07) is 4.45. The van der Waals surface area contributed by atoms with Crippen molar-refractivity contribution in [2.24, 2.45) is 0 Å². The smallest absolute Gasteiger partial charge is 0.125 e. The van der Waals surface area contributed by atoms with E-state index in [1.807, 2.05) is 0 Å². The lowest BCUT2D eigenvalue weighted by molar-refractivity contribution is 0.317. The standard InChI is InChI=1S/C10H11F2N/c1-6(11)9-5-13-10-4-7(12)2-3-8(9)10/h2-4,6,9,13H,5H2,1H3. The van der Waals surface area contributed by atoms with E-state index in [0.29, 0.717) is 6.54 Å².